The fourth-order valence-corrected chi connectivity index (χ4v) is 5.81. The number of benzene rings is 3. The van der Waals surface area contributed by atoms with Gasteiger partial charge in [0.15, 0.2) is 0 Å². The van der Waals surface area contributed by atoms with Crippen LogP contribution in [0.15, 0.2) is 65.6 Å². The third-order valence-corrected chi connectivity index (χ3v) is 8.31. The molecule has 0 unspecified atom stereocenters. The number of carboxylic acid groups (broad SMARTS) is 1. The van der Waals surface area contributed by atoms with Gasteiger partial charge in [0.25, 0.3) is 15.9 Å². The molecule has 0 bridgehead atoms. The summed E-state index contributed by atoms with van der Waals surface area (Å²) < 4.78 is 82.3. The lowest BCUT2D eigenvalue weighted by Crippen LogP contribution is -2.52. The van der Waals surface area contributed by atoms with Gasteiger partial charge in [-0.3, -0.25) is 9.59 Å². The fraction of sp³-hybridized carbons (Fsp3) is 0.231. The summed E-state index contributed by atoms with van der Waals surface area (Å²) >= 11 is 6.21. The van der Waals surface area contributed by atoms with Gasteiger partial charge in [-0.2, -0.15) is 13.2 Å². The second kappa shape index (κ2) is 9.83. The van der Waals surface area contributed by atoms with Crippen LogP contribution in [0.5, 0.6) is 0 Å². The Morgan fingerprint density at radius 1 is 1.03 bits per heavy atom. The van der Waals surface area contributed by atoms with E-state index in [4.69, 9.17) is 11.6 Å². The minimum atomic E-state index is -4.82. The van der Waals surface area contributed by atoms with E-state index in [1.165, 1.54) is 38.1 Å². The molecule has 1 aliphatic heterocycles. The lowest BCUT2D eigenvalue weighted by Gasteiger charge is -2.39. The summed E-state index contributed by atoms with van der Waals surface area (Å²) in [5.41, 5.74) is -2.56. The zero-order chi connectivity index (χ0) is 28.9. The first-order valence-corrected chi connectivity index (χ1v) is 13.2. The van der Waals surface area contributed by atoms with Crippen molar-refractivity contribution in [3.05, 3.63) is 82.6 Å². The molecular formula is C26H21ClF4N2O5S. The number of amides is 1. The summed E-state index contributed by atoms with van der Waals surface area (Å²) in [5, 5.41) is 9.69. The Hall–Kier alpha value is -3.64. The Morgan fingerprint density at radius 3 is 2.36 bits per heavy atom. The third-order valence-electron chi connectivity index (χ3n) is 6.24. The highest BCUT2D eigenvalue weighted by atomic mass is 35.5. The van der Waals surface area contributed by atoms with Crippen molar-refractivity contribution in [1.29, 1.82) is 0 Å². The molecule has 206 valence electrons. The van der Waals surface area contributed by atoms with Crippen LogP contribution < -0.4 is 4.31 Å². The Morgan fingerprint density at radius 2 is 1.72 bits per heavy atom. The Balaban J connectivity index is 1.91. The summed E-state index contributed by atoms with van der Waals surface area (Å²) in [7, 11) is -4.72. The van der Waals surface area contributed by atoms with E-state index in [0.29, 0.717) is 6.07 Å². The number of nitrogens with zero attached hydrogens (tertiary/aromatic N) is 2. The molecule has 13 heteroatoms. The van der Waals surface area contributed by atoms with Gasteiger partial charge in [-0.1, -0.05) is 23.7 Å². The summed E-state index contributed by atoms with van der Waals surface area (Å²) in [6.45, 7) is 1.62. The zero-order valence-corrected chi connectivity index (χ0v) is 22.0. The van der Waals surface area contributed by atoms with Gasteiger partial charge in [-0.15, -0.1) is 0 Å². The van der Waals surface area contributed by atoms with Crippen LogP contribution in [0, 0.1) is 11.2 Å². The summed E-state index contributed by atoms with van der Waals surface area (Å²) in [5.74, 6) is -2.56. The normalized spacial score (nSPS) is 14.4. The molecule has 1 heterocycles. The molecule has 0 aromatic heterocycles. The smallest absolute Gasteiger partial charge is 0.416 e. The third kappa shape index (κ3) is 5.44. The second-order valence-corrected chi connectivity index (χ2v) is 11.8. The molecule has 0 atom stereocenters. The van der Waals surface area contributed by atoms with Gasteiger partial charge in [0.2, 0.25) is 0 Å². The van der Waals surface area contributed by atoms with E-state index >= 15 is 0 Å². The van der Waals surface area contributed by atoms with Crippen LogP contribution in [0.2, 0.25) is 5.02 Å². The summed E-state index contributed by atoms with van der Waals surface area (Å²) in [6.07, 6.45) is -4.82. The van der Waals surface area contributed by atoms with E-state index in [1.54, 1.807) is 0 Å². The van der Waals surface area contributed by atoms with Gasteiger partial charge in [-0.05, 0) is 67.9 Å². The highest BCUT2D eigenvalue weighted by molar-refractivity contribution is 7.92. The van der Waals surface area contributed by atoms with Gasteiger partial charge in [0, 0.05) is 17.1 Å². The maximum absolute atomic E-state index is 14.0. The van der Waals surface area contributed by atoms with Crippen molar-refractivity contribution < 1.29 is 40.7 Å². The first kappa shape index (κ1) is 28.4. The van der Waals surface area contributed by atoms with Gasteiger partial charge >= 0.3 is 12.1 Å². The Bertz CT molecular complexity index is 1590. The quantitative estimate of drug-likeness (QED) is 0.365. The number of aliphatic carboxylic acids is 1. The molecular weight excluding hydrogens is 564 g/mol. The number of sulfonamides is 1. The molecule has 1 amide bonds. The number of anilines is 1. The molecule has 7 nitrogen and oxygen atoms in total. The van der Waals surface area contributed by atoms with Crippen LogP contribution in [-0.2, 0) is 21.0 Å². The van der Waals surface area contributed by atoms with Crippen molar-refractivity contribution in [2.45, 2.75) is 24.9 Å². The Labute approximate surface area is 226 Å². The maximum atomic E-state index is 14.0. The predicted molar refractivity (Wildman–Crippen MR) is 135 cm³/mol. The molecule has 0 saturated carbocycles. The highest BCUT2D eigenvalue weighted by Gasteiger charge is 2.41. The average Bonchev–Trinajstić information content (AvgIpc) is 2.86. The number of alkyl halides is 3. The van der Waals surface area contributed by atoms with E-state index < -0.39 is 63.0 Å². The minimum absolute atomic E-state index is 0.135. The van der Waals surface area contributed by atoms with Crippen LogP contribution in [0.25, 0.3) is 11.1 Å². The van der Waals surface area contributed by atoms with Gasteiger partial charge in [0.1, 0.15) is 12.5 Å². The second-order valence-electron chi connectivity index (χ2n) is 9.57. The van der Waals surface area contributed by atoms with Crippen LogP contribution in [0.4, 0.5) is 23.2 Å². The van der Waals surface area contributed by atoms with Gasteiger partial charge in [0.05, 0.1) is 27.1 Å². The topological polar surface area (TPSA) is 95.0 Å². The van der Waals surface area contributed by atoms with Crippen LogP contribution in [-0.4, -0.2) is 43.5 Å². The fourth-order valence-electron chi connectivity index (χ4n) is 4.10. The van der Waals surface area contributed by atoms with Crippen molar-refractivity contribution in [2.75, 3.05) is 17.5 Å². The molecule has 1 N–H and O–H groups in total. The number of carboxylic acids is 1. The molecule has 0 spiro atoms. The standard InChI is InChI=1S/C26H21ClF4N2O5S/c1-25(2,24(35)36)13-32-14-33(39(37,38)18-5-3-4-16(11-18)26(29,30)31)22-10-15(6-8-19(22)23(32)34)20-12-17(28)7-9-21(20)27/h3-12H,13-14H2,1-2H3,(H,35,36). The van der Waals surface area contributed by atoms with E-state index in [-0.39, 0.29) is 27.4 Å². The number of hydrogen-bond acceptors (Lipinski definition) is 4. The van der Waals surface area contributed by atoms with Crippen LogP contribution in [0.3, 0.4) is 0 Å². The van der Waals surface area contributed by atoms with Crippen LogP contribution >= 0.6 is 11.6 Å². The molecule has 1 aliphatic rings. The number of carbonyl (C=O) groups excluding carboxylic acids is 1. The largest absolute Gasteiger partial charge is 0.481 e. The number of halogens is 5. The van der Waals surface area contributed by atoms with Crippen molar-refractivity contribution in [1.82, 2.24) is 4.90 Å². The van der Waals surface area contributed by atoms with E-state index in [2.05, 4.69) is 0 Å². The highest BCUT2D eigenvalue weighted by Crippen LogP contribution is 2.39. The molecule has 3 aromatic carbocycles. The molecule has 0 aliphatic carbocycles. The first-order chi connectivity index (χ1) is 18.0. The lowest BCUT2D eigenvalue weighted by molar-refractivity contribution is -0.147. The number of hydrogen-bond donors (Lipinski definition) is 1. The van der Waals surface area contributed by atoms with Crippen molar-refractivity contribution in [3.63, 3.8) is 0 Å². The van der Waals surface area contributed by atoms with Crippen molar-refractivity contribution in [2.24, 2.45) is 5.41 Å². The average molecular weight is 585 g/mol. The monoisotopic (exact) mass is 584 g/mol. The summed E-state index contributed by atoms with van der Waals surface area (Å²) in [4.78, 5) is 25.4. The molecule has 4 rings (SSSR count). The number of rotatable bonds is 6. The summed E-state index contributed by atoms with van der Waals surface area (Å²) in [6, 6.07) is 10.6. The lowest BCUT2D eigenvalue weighted by atomic mass is 9.92. The number of carbonyl (C=O) groups is 2. The SMILES string of the molecule is CC(C)(CN1CN(S(=O)(=O)c2cccc(C(F)(F)F)c2)c2cc(-c3cc(F)ccc3Cl)ccc2C1=O)C(=O)O. The van der Waals surface area contributed by atoms with Gasteiger partial charge < -0.3 is 10.0 Å². The molecule has 3 aromatic rings. The van der Waals surface area contributed by atoms with Crippen molar-refractivity contribution in [3.8, 4) is 11.1 Å². The Kier molecular flexibility index (Phi) is 7.15. The first-order valence-electron chi connectivity index (χ1n) is 11.3. The predicted octanol–water partition coefficient (Wildman–Crippen LogP) is 5.88. The number of fused-ring (bicyclic) bond motifs is 1. The maximum Gasteiger partial charge on any atom is 0.416 e. The molecule has 39 heavy (non-hydrogen) atoms. The molecule has 0 radical (unpaired) electrons. The van der Waals surface area contributed by atoms with Crippen LogP contribution in [0.1, 0.15) is 29.8 Å². The van der Waals surface area contributed by atoms with E-state index in [9.17, 15) is 40.7 Å². The minimum Gasteiger partial charge on any atom is -0.481 e. The zero-order valence-electron chi connectivity index (χ0n) is 20.5. The van der Waals surface area contributed by atoms with E-state index in [0.717, 1.165) is 39.5 Å². The molecule has 0 saturated heterocycles. The molecule has 0 fully saturated rings. The van der Waals surface area contributed by atoms with Gasteiger partial charge in [-0.25, -0.2) is 17.1 Å². The van der Waals surface area contributed by atoms with E-state index in [1.807, 2.05) is 0 Å². The van der Waals surface area contributed by atoms with Crippen molar-refractivity contribution >= 4 is 39.2 Å².